The van der Waals surface area contributed by atoms with E-state index in [1.54, 1.807) is 21.6 Å². The maximum Gasteiger partial charge on any atom is 0.329 e. The number of nitrogens with zero attached hydrogens (tertiary/aromatic N) is 1. The number of fused-ring (bicyclic) bond motifs is 5. The normalized spacial score (nSPS) is 28.6. The van der Waals surface area contributed by atoms with Crippen LogP contribution in [0.15, 0.2) is 72.6 Å². The van der Waals surface area contributed by atoms with Crippen molar-refractivity contribution >= 4 is 45.0 Å². The Hall–Kier alpha value is -3.04. The summed E-state index contributed by atoms with van der Waals surface area (Å²) in [5, 5.41) is 3.45. The van der Waals surface area contributed by atoms with Crippen molar-refractivity contribution in [1.82, 2.24) is 10.3 Å². The number of esters is 2. The van der Waals surface area contributed by atoms with Crippen LogP contribution < -0.4 is 5.32 Å². The highest BCUT2D eigenvalue weighted by atomic mass is 33.1. The molecule has 0 bridgehead atoms. The molecule has 1 N–H and O–H groups in total. The van der Waals surface area contributed by atoms with E-state index in [-0.39, 0.29) is 39.3 Å². The molecule has 9 heteroatoms. The highest BCUT2D eigenvalue weighted by Crippen LogP contribution is 2.66. The van der Waals surface area contributed by atoms with Crippen molar-refractivity contribution in [2.24, 2.45) is 28.6 Å². The molecule has 304 valence electrons. The number of aromatic nitrogens is 1. The number of carbonyl (C=O) groups is 3. The van der Waals surface area contributed by atoms with Gasteiger partial charge in [-0.2, -0.15) is 0 Å². The summed E-state index contributed by atoms with van der Waals surface area (Å²) in [4.78, 5) is 43.4. The maximum atomic E-state index is 13.1. The molecule has 1 heterocycles. The van der Waals surface area contributed by atoms with Gasteiger partial charge in [-0.05, 0) is 123 Å². The standard InChI is InChI=1S/C47H64N2O5S2/c1-31(15-21-42(50)49-41(44(52)54-45(3,4)5)28-33-12-9-8-10-13-33)55-56-32(2)16-22-43(51)53-36-23-25-46(6)35(29-36)17-18-37-39-20-19-38(34-14-11-27-48-30-34)47(39,7)26-24-40(37)46/h8-14,17,19,27,30-32,36-37,39-41H,15-16,18,20-26,28-29H2,1-7H3,(H,49,50)/t31?,32?,36-,37-,39-,40-,41-,46-,47+/m0/s1. The summed E-state index contributed by atoms with van der Waals surface area (Å²) in [5.41, 5.74) is 5.08. The molecule has 0 spiro atoms. The molecule has 2 fully saturated rings. The van der Waals surface area contributed by atoms with E-state index >= 15 is 0 Å². The third-order valence-corrected chi connectivity index (χ3v) is 16.7. The van der Waals surface area contributed by atoms with Gasteiger partial charge in [0.1, 0.15) is 17.7 Å². The van der Waals surface area contributed by atoms with Crippen molar-refractivity contribution in [2.45, 2.75) is 154 Å². The smallest absolute Gasteiger partial charge is 0.329 e. The molecule has 2 unspecified atom stereocenters. The van der Waals surface area contributed by atoms with E-state index in [1.807, 2.05) is 63.5 Å². The summed E-state index contributed by atoms with van der Waals surface area (Å²) in [6, 6.07) is 13.2. The van der Waals surface area contributed by atoms with Crippen molar-refractivity contribution in [3.05, 3.63) is 83.7 Å². The molecule has 0 aliphatic heterocycles. The molecule has 56 heavy (non-hydrogen) atoms. The van der Waals surface area contributed by atoms with Crippen LogP contribution in [-0.2, 0) is 30.3 Å². The van der Waals surface area contributed by atoms with Crippen molar-refractivity contribution in [3.63, 3.8) is 0 Å². The van der Waals surface area contributed by atoms with Crippen molar-refractivity contribution in [3.8, 4) is 0 Å². The average molecular weight is 801 g/mol. The van der Waals surface area contributed by atoms with E-state index in [2.05, 4.69) is 62.3 Å². The molecule has 6 rings (SSSR count). The van der Waals surface area contributed by atoms with Crippen LogP contribution in [-0.4, -0.2) is 51.1 Å². The predicted octanol–water partition coefficient (Wildman–Crippen LogP) is 10.7. The predicted molar refractivity (Wildman–Crippen MR) is 230 cm³/mol. The summed E-state index contributed by atoms with van der Waals surface area (Å²) in [7, 11) is 3.52. The molecule has 4 aliphatic rings. The highest BCUT2D eigenvalue weighted by molar-refractivity contribution is 8.77. The van der Waals surface area contributed by atoms with Crippen LogP contribution in [0.4, 0.5) is 0 Å². The van der Waals surface area contributed by atoms with Crippen LogP contribution in [0.3, 0.4) is 0 Å². The monoisotopic (exact) mass is 800 g/mol. The topological polar surface area (TPSA) is 94.6 Å². The van der Waals surface area contributed by atoms with Crippen LogP contribution in [0.25, 0.3) is 5.57 Å². The second kappa shape index (κ2) is 18.3. The van der Waals surface area contributed by atoms with E-state index < -0.39 is 17.6 Å². The minimum atomic E-state index is -0.739. The number of rotatable bonds is 15. The Morgan fingerprint density at radius 1 is 0.893 bits per heavy atom. The molecule has 7 nitrogen and oxygen atoms in total. The maximum absolute atomic E-state index is 13.1. The first-order chi connectivity index (χ1) is 26.6. The molecule has 4 aliphatic carbocycles. The van der Waals surface area contributed by atoms with Gasteiger partial charge >= 0.3 is 11.9 Å². The fraction of sp³-hybridized carbons (Fsp3) is 0.617. The van der Waals surface area contributed by atoms with E-state index in [0.29, 0.717) is 43.4 Å². The fourth-order valence-corrected chi connectivity index (χ4v) is 12.7. The lowest BCUT2D eigenvalue weighted by Crippen LogP contribution is -2.50. The van der Waals surface area contributed by atoms with Gasteiger partial charge in [-0.25, -0.2) is 4.79 Å². The van der Waals surface area contributed by atoms with Crippen LogP contribution in [0.5, 0.6) is 0 Å². The van der Waals surface area contributed by atoms with Crippen molar-refractivity contribution in [2.75, 3.05) is 0 Å². The Balaban J connectivity index is 0.904. The Morgan fingerprint density at radius 2 is 1.61 bits per heavy atom. The summed E-state index contributed by atoms with van der Waals surface area (Å²) in [6.07, 6.45) is 19.2. The number of benzene rings is 1. The SMILES string of the molecule is CC(CCC(=O)N[C@@H](Cc1ccccc1)C(=O)OC(C)(C)C)SSC(C)CCC(=O)O[C@H]1CC[C@@]2(C)C(=CC[C@@H]3[C@@H]2CC[C@]2(C)C(c4cccnc4)=CC[C@@H]32)C1. The molecule has 2 aromatic rings. The van der Waals surface area contributed by atoms with Crippen molar-refractivity contribution < 1.29 is 23.9 Å². The molecule has 0 radical (unpaired) electrons. The fourth-order valence-electron chi connectivity index (χ4n) is 10.1. The molecule has 1 aromatic carbocycles. The van der Waals surface area contributed by atoms with Gasteiger partial charge in [-0.15, -0.1) is 0 Å². The zero-order valence-corrected chi connectivity index (χ0v) is 36.3. The van der Waals surface area contributed by atoms with Crippen LogP contribution in [0.2, 0.25) is 0 Å². The second-order valence-corrected chi connectivity index (χ2v) is 21.5. The number of hydrogen-bond acceptors (Lipinski definition) is 8. The van der Waals surface area contributed by atoms with Crippen LogP contribution in [0.1, 0.15) is 130 Å². The van der Waals surface area contributed by atoms with Gasteiger partial charge in [-0.1, -0.05) is 103 Å². The molecular formula is C47H64N2O5S2. The number of allylic oxidation sites excluding steroid dienone is 3. The Bertz CT molecular complexity index is 1740. The quantitative estimate of drug-likeness (QED) is 0.108. The Kier molecular flexibility index (Phi) is 13.9. The molecule has 1 aromatic heterocycles. The second-order valence-electron chi connectivity index (χ2n) is 18.4. The lowest BCUT2D eigenvalue weighted by atomic mass is 9.47. The first-order valence-corrected chi connectivity index (χ1v) is 23.3. The minimum absolute atomic E-state index is 0.0244. The van der Waals surface area contributed by atoms with Gasteiger partial charge in [-0.3, -0.25) is 14.6 Å². The van der Waals surface area contributed by atoms with Gasteiger partial charge in [0.05, 0.1) is 0 Å². The first kappa shape index (κ1) is 42.6. The third kappa shape index (κ3) is 10.3. The van der Waals surface area contributed by atoms with Crippen molar-refractivity contribution in [1.29, 1.82) is 0 Å². The van der Waals surface area contributed by atoms with E-state index in [4.69, 9.17) is 9.47 Å². The summed E-state index contributed by atoms with van der Waals surface area (Å²) < 4.78 is 11.8. The lowest BCUT2D eigenvalue weighted by molar-refractivity contribution is -0.158. The van der Waals surface area contributed by atoms with Gasteiger partial charge < -0.3 is 14.8 Å². The lowest BCUT2D eigenvalue weighted by Gasteiger charge is -2.57. The Morgan fingerprint density at radius 3 is 2.30 bits per heavy atom. The molecule has 1 amide bonds. The van der Waals surface area contributed by atoms with E-state index in [1.165, 1.54) is 36.0 Å². The molecule has 0 saturated heterocycles. The third-order valence-electron chi connectivity index (χ3n) is 13.1. The van der Waals surface area contributed by atoms with E-state index in [9.17, 15) is 14.4 Å². The molecule has 2 saturated carbocycles. The number of carbonyl (C=O) groups excluding carboxylic acids is 3. The van der Waals surface area contributed by atoms with Crippen LogP contribution in [0, 0.1) is 28.6 Å². The molecule has 9 atom stereocenters. The summed E-state index contributed by atoms with van der Waals surface area (Å²) in [6.45, 7) is 14.8. The highest BCUT2D eigenvalue weighted by Gasteiger charge is 2.57. The first-order valence-electron chi connectivity index (χ1n) is 21.0. The van der Waals surface area contributed by atoms with E-state index in [0.717, 1.165) is 37.7 Å². The summed E-state index contributed by atoms with van der Waals surface area (Å²) >= 11 is 0. The summed E-state index contributed by atoms with van der Waals surface area (Å²) in [5.74, 6) is 1.41. The number of amides is 1. The minimum Gasteiger partial charge on any atom is -0.462 e. The molecular weight excluding hydrogens is 737 g/mol. The largest absolute Gasteiger partial charge is 0.462 e. The van der Waals surface area contributed by atoms with Crippen LogP contribution >= 0.6 is 21.6 Å². The van der Waals surface area contributed by atoms with Gasteiger partial charge in [0, 0.05) is 48.6 Å². The number of ether oxygens (including phenoxy) is 2. The zero-order chi connectivity index (χ0) is 40.1. The number of hydrogen-bond donors (Lipinski definition) is 1. The zero-order valence-electron chi connectivity index (χ0n) is 34.7. The van der Waals surface area contributed by atoms with Gasteiger partial charge in [0.15, 0.2) is 0 Å². The number of pyridine rings is 1. The Labute approximate surface area is 343 Å². The van der Waals surface area contributed by atoms with Gasteiger partial charge in [0.2, 0.25) is 5.91 Å². The van der Waals surface area contributed by atoms with Gasteiger partial charge in [0.25, 0.3) is 0 Å². The average Bonchev–Trinajstić information content (AvgIpc) is 3.52. The number of nitrogens with one attached hydrogen (secondary N) is 1.